The van der Waals surface area contributed by atoms with Gasteiger partial charge in [-0.2, -0.15) is 0 Å². The highest BCUT2D eigenvalue weighted by Gasteiger charge is 2.19. The molecule has 0 bridgehead atoms. The van der Waals surface area contributed by atoms with Gasteiger partial charge >= 0.3 is 0 Å². The Morgan fingerprint density at radius 1 is 1.50 bits per heavy atom. The predicted octanol–water partition coefficient (Wildman–Crippen LogP) is 0.912. The molecule has 0 amide bonds. The minimum absolute atomic E-state index is 0.167. The van der Waals surface area contributed by atoms with Gasteiger partial charge < -0.3 is 4.74 Å². The van der Waals surface area contributed by atoms with E-state index in [0.717, 1.165) is 0 Å². The minimum Gasteiger partial charge on any atom is -0.383 e. The largest absolute Gasteiger partial charge is 0.383 e. The van der Waals surface area contributed by atoms with E-state index in [2.05, 4.69) is 0 Å². The van der Waals surface area contributed by atoms with E-state index in [0.29, 0.717) is 13.0 Å². The zero-order valence-electron chi connectivity index (χ0n) is 8.86. The molecule has 0 rings (SSSR count). The fraction of sp³-hybridized carbons (Fsp3) is 1.00. The van der Waals surface area contributed by atoms with Crippen LogP contribution in [0.15, 0.2) is 0 Å². The van der Waals surface area contributed by atoms with Gasteiger partial charge in [0, 0.05) is 20.7 Å². The Bertz CT molecular complexity index is 243. The smallest absolute Gasteiger partial charge is 0.213 e. The first-order valence-corrected chi connectivity index (χ1v) is 6.55. The average molecular weight is 244 g/mol. The molecule has 0 aromatic carbocycles. The summed E-state index contributed by atoms with van der Waals surface area (Å²) in [6.45, 7) is 2.48. The summed E-state index contributed by atoms with van der Waals surface area (Å²) in [5.41, 5.74) is 0. The molecule has 0 fully saturated rings. The molecule has 0 aromatic heterocycles. The van der Waals surface area contributed by atoms with Crippen LogP contribution in [0.1, 0.15) is 13.3 Å². The van der Waals surface area contributed by atoms with Crippen LogP contribution in [0.5, 0.6) is 0 Å². The van der Waals surface area contributed by atoms with Gasteiger partial charge in [0.05, 0.1) is 17.7 Å². The summed E-state index contributed by atoms with van der Waals surface area (Å²) in [5, 5.41) is -0.295. The molecule has 0 heterocycles. The van der Waals surface area contributed by atoms with Gasteiger partial charge in [-0.15, -0.1) is 11.6 Å². The summed E-state index contributed by atoms with van der Waals surface area (Å²) in [5.74, 6) is 0.167. The third kappa shape index (κ3) is 5.14. The standard InChI is InChI=1S/C8H18ClNO3S/c1-4-5-14(11,12)10(2)6-8(9)7-13-3/h8H,4-7H2,1-3H3. The third-order valence-corrected chi connectivity index (χ3v) is 4.03. The molecule has 0 aliphatic carbocycles. The van der Waals surface area contributed by atoms with Crippen molar-refractivity contribution in [3.05, 3.63) is 0 Å². The van der Waals surface area contributed by atoms with Gasteiger partial charge in [-0.25, -0.2) is 12.7 Å². The quantitative estimate of drug-likeness (QED) is 0.625. The molecule has 86 valence electrons. The molecule has 4 nitrogen and oxygen atoms in total. The average Bonchev–Trinajstić information content (AvgIpc) is 2.04. The van der Waals surface area contributed by atoms with Crippen molar-refractivity contribution in [3.63, 3.8) is 0 Å². The van der Waals surface area contributed by atoms with Crippen molar-refractivity contribution in [2.45, 2.75) is 18.7 Å². The Morgan fingerprint density at radius 2 is 2.07 bits per heavy atom. The van der Waals surface area contributed by atoms with Crippen LogP contribution in [0, 0.1) is 0 Å². The zero-order chi connectivity index (χ0) is 11.2. The number of halogens is 1. The molecular weight excluding hydrogens is 226 g/mol. The molecule has 1 atom stereocenters. The number of sulfonamides is 1. The van der Waals surface area contributed by atoms with Crippen molar-refractivity contribution >= 4 is 21.6 Å². The summed E-state index contributed by atoms with van der Waals surface area (Å²) in [4.78, 5) is 0. The van der Waals surface area contributed by atoms with Gasteiger partial charge in [0.25, 0.3) is 0 Å². The van der Waals surface area contributed by atoms with Crippen molar-refractivity contribution in [1.29, 1.82) is 0 Å². The van der Waals surface area contributed by atoms with Crippen molar-refractivity contribution in [2.75, 3.05) is 33.1 Å². The number of alkyl halides is 1. The number of hydrogen-bond acceptors (Lipinski definition) is 3. The van der Waals surface area contributed by atoms with Crippen molar-refractivity contribution < 1.29 is 13.2 Å². The normalized spacial score (nSPS) is 14.6. The highest BCUT2D eigenvalue weighted by atomic mass is 35.5. The first kappa shape index (κ1) is 14.2. The van der Waals surface area contributed by atoms with Crippen LogP contribution >= 0.6 is 11.6 Å². The van der Waals surface area contributed by atoms with E-state index in [9.17, 15) is 8.42 Å². The van der Waals surface area contributed by atoms with E-state index >= 15 is 0 Å². The highest BCUT2D eigenvalue weighted by molar-refractivity contribution is 7.89. The minimum atomic E-state index is -3.13. The van der Waals surface area contributed by atoms with E-state index in [1.807, 2.05) is 6.92 Å². The van der Waals surface area contributed by atoms with Gasteiger partial charge in [-0.3, -0.25) is 0 Å². The molecule has 0 radical (unpaired) electrons. The lowest BCUT2D eigenvalue weighted by atomic mass is 10.4. The van der Waals surface area contributed by atoms with E-state index in [-0.39, 0.29) is 17.7 Å². The number of methoxy groups -OCH3 is 1. The fourth-order valence-corrected chi connectivity index (χ4v) is 2.69. The van der Waals surface area contributed by atoms with Crippen LogP contribution in [0.25, 0.3) is 0 Å². The summed E-state index contributed by atoms with van der Waals surface area (Å²) in [7, 11) is -0.0550. The molecule has 0 saturated carbocycles. The van der Waals surface area contributed by atoms with Crippen LogP contribution in [0.2, 0.25) is 0 Å². The van der Waals surface area contributed by atoms with Crippen molar-refractivity contribution in [2.24, 2.45) is 0 Å². The van der Waals surface area contributed by atoms with Crippen LogP contribution in [0.3, 0.4) is 0 Å². The topological polar surface area (TPSA) is 46.6 Å². The Hall–Kier alpha value is 0.160. The number of nitrogens with zero attached hydrogens (tertiary/aromatic N) is 1. The maximum absolute atomic E-state index is 11.5. The van der Waals surface area contributed by atoms with Gasteiger partial charge in [0.1, 0.15) is 0 Å². The number of hydrogen-bond donors (Lipinski definition) is 0. The summed E-state index contributed by atoms with van der Waals surface area (Å²) in [6, 6.07) is 0. The number of ether oxygens (including phenoxy) is 1. The first-order valence-electron chi connectivity index (χ1n) is 4.51. The van der Waals surface area contributed by atoms with E-state index in [1.54, 1.807) is 0 Å². The highest BCUT2D eigenvalue weighted by Crippen LogP contribution is 2.05. The second-order valence-corrected chi connectivity index (χ2v) is 5.96. The lowest BCUT2D eigenvalue weighted by Crippen LogP contribution is -2.35. The SMILES string of the molecule is CCCS(=O)(=O)N(C)CC(Cl)COC. The Labute approximate surface area is 91.2 Å². The molecule has 0 N–H and O–H groups in total. The van der Waals surface area contributed by atoms with Crippen molar-refractivity contribution in [3.8, 4) is 0 Å². The van der Waals surface area contributed by atoms with Gasteiger partial charge in [0.2, 0.25) is 10.0 Å². The van der Waals surface area contributed by atoms with Gasteiger partial charge in [-0.1, -0.05) is 6.92 Å². The first-order chi connectivity index (χ1) is 6.44. The van der Waals surface area contributed by atoms with E-state index < -0.39 is 10.0 Å². The molecule has 0 aromatic rings. The molecule has 6 heteroatoms. The van der Waals surface area contributed by atoms with Crippen LogP contribution < -0.4 is 0 Å². The molecule has 0 aliphatic heterocycles. The van der Waals surface area contributed by atoms with E-state index in [1.165, 1.54) is 18.5 Å². The van der Waals surface area contributed by atoms with E-state index in [4.69, 9.17) is 16.3 Å². The maximum Gasteiger partial charge on any atom is 0.213 e. The molecule has 1 unspecified atom stereocenters. The second kappa shape index (κ2) is 6.61. The summed E-state index contributed by atoms with van der Waals surface area (Å²) < 4.78 is 29.1. The monoisotopic (exact) mass is 243 g/mol. The van der Waals surface area contributed by atoms with Gasteiger partial charge in [0.15, 0.2) is 0 Å². The second-order valence-electron chi connectivity index (χ2n) is 3.15. The van der Waals surface area contributed by atoms with Crippen LogP contribution in [0.4, 0.5) is 0 Å². The van der Waals surface area contributed by atoms with Gasteiger partial charge in [-0.05, 0) is 6.42 Å². The summed E-state index contributed by atoms with van der Waals surface area (Å²) >= 11 is 5.85. The Balaban J connectivity index is 4.12. The summed E-state index contributed by atoms with van der Waals surface area (Å²) in [6.07, 6.45) is 0.615. The van der Waals surface area contributed by atoms with Crippen molar-refractivity contribution in [1.82, 2.24) is 4.31 Å². The molecular formula is C8H18ClNO3S. The van der Waals surface area contributed by atoms with Crippen LogP contribution in [-0.4, -0.2) is 51.2 Å². The predicted molar refractivity (Wildman–Crippen MR) is 58.2 cm³/mol. The molecule has 14 heavy (non-hydrogen) atoms. The Morgan fingerprint density at radius 3 is 2.50 bits per heavy atom. The zero-order valence-corrected chi connectivity index (χ0v) is 10.4. The lowest BCUT2D eigenvalue weighted by molar-refractivity contribution is 0.192. The molecule has 0 aliphatic rings. The number of rotatable bonds is 7. The Kier molecular flexibility index (Phi) is 6.68. The lowest BCUT2D eigenvalue weighted by Gasteiger charge is -2.19. The fourth-order valence-electron chi connectivity index (χ4n) is 1.04. The molecule has 0 spiro atoms. The maximum atomic E-state index is 11.5. The van der Waals surface area contributed by atoms with Crippen LogP contribution in [-0.2, 0) is 14.8 Å². The molecule has 0 saturated heterocycles. The third-order valence-electron chi connectivity index (χ3n) is 1.74.